The van der Waals surface area contributed by atoms with Crippen molar-refractivity contribution in [3.63, 3.8) is 0 Å². The average Bonchev–Trinajstić information content (AvgIpc) is 3.18. The highest BCUT2D eigenvalue weighted by atomic mass is 32.2. The molecule has 22 heavy (non-hydrogen) atoms. The molecule has 1 amide bonds. The second-order valence-corrected chi connectivity index (χ2v) is 7.26. The van der Waals surface area contributed by atoms with Crippen molar-refractivity contribution < 1.29 is 9.53 Å². The van der Waals surface area contributed by atoms with E-state index in [1.807, 2.05) is 0 Å². The molecule has 7 heteroatoms. The molecule has 1 aromatic heterocycles. The van der Waals surface area contributed by atoms with E-state index in [9.17, 15) is 4.79 Å². The molecule has 3 rings (SSSR count). The third-order valence-corrected chi connectivity index (χ3v) is 5.28. The van der Waals surface area contributed by atoms with Crippen molar-refractivity contribution in [1.82, 2.24) is 20.5 Å². The van der Waals surface area contributed by atoms with Gasteiger partial charge >= 0.3 is 0 Å². The number of hydrogen-bond donors (Lipinski definition) is 2. The fourth-order valence-electron chi connectivity index (χ4n) is 3.06. The van der Waals surface area contributed by atoms with E-state index < -0.39 is 0 Å². The van der Waals surface area contributed by atoms with Crippen molar-refractivity contribution in [2.75, 3.05) is 12.4 Å². The molecule has 2 fully saturated rings. The number of aromatic amines is 1. The van der Waals surface area contributed by atoms with Gasteiger partial charge in [0.2, 0.25) is 11.1 Å². The molecule has 1 aliphatic carbocycles. The monoisotopic (exact) mass is 324 g/mol. The molecule has 0 aromatic carbocycles. The van der Waals surface area contributed by atoms with E-state index >= 15 is 0 Å². The molecule has 2 heterocycles. The Balaban J connectivity index is 1.41. The first-order chi connectivity index (χ1) is 10.7. The Labute approximate surface area is 135 Å². The molecule has 6 nitrogen and oxygen atoms in total. The van der Waals surface area contributed by atoms with E-state index in [0.717, 1.165) is 44.0 Å². The number of aromatic nitrogens is 3. The largest absolute Gasteiger partial charge is 0.370 e. The Kier molecular flexibility index (Phi) is 5.36. The Morgan fingerprint density at radius 1 is 1.36 bits per heavy atom. The van der Waals surface area contributed by atoms with Crippen molar-refractivity contribution >= 4 is 17.7 Å². The van der Waals surface area contributed by atoms with Gasteiger partial charge in [-0.05, 0) is 44.4 Å². The summed E-state index contributed by atoms with van der Waals surface area (Å²) in [4.78, 5) is 16.4. The highest BCUT2D eigenvalue weighted by molar-refractivity contribution is 7.99. The van der Waals surface area contributed by atoms with Gasteiger partial charge in [0.15, 0.2) is 5.82 Å². The molecule has 1 aliphatic heterocycles. The van der Waals surface area contributed by atoms with Crippen molar-refractivity contribution in [3.8, 4) is 0 Å². The van der Waals surface area contributed by atoms with Gasteiger partial charge in [-0.3, -0.25) is 9.89 Å². The van der Waals surface area contributed by atoms with Gasteiger partial charge in [0, 0.05) is 12.6 Å². The first kappa shape index (κ1) is 15.8. The minimum absolute atomic E-state index is 0.0416. The van der Waals surface area contributed by atoms with E-state index in [1.165, 1.54) is 24.6 Å². The van der Waals surface area contributed by atoms with Crippen LogP contribution in [0, 0.1) is 5.92 Å². The number of hydrogen-bond acceptors (Lipinski definition) is 5. The Hall–Kier alpha value is -1.08. The maximum absolute atomic E-state index is 12.0. The molecule has 0 spiro atoms. The highest BCUT2D eigenvalue weighted by Gasteiger charge is 2.22. The van der Waals surface area contributed by atoms with Crippen molar-refractivity contribution in [2.45, 2.75) is 62.8 Å². The fourth-order valence-corrected chi connectivity index (χ4v) is 3.68. The van der Waals surface area contributed by atoms with Gasteiger partial charge in [-0.2, -0.15) is 0 Å². The van der Waals surface area contributed by atoms with Crippen LogP contribution in [-0.4, -0.2) is 39.5 Å². The van der Waals surface area contributed by atoms with Crippen LogP contribution < -0.4 is 5.32 Å². The van der Waals surface area contributed by atoms with Gasteiger partial charge in [0.05, 0.1) is 5.75 Å². The van der Waals surface area contributed by atoms with Crippen LogP contribution in [0.5, 0.6) is 0 Å². The number of thioether (sulfide) groups is 1. The molecule has 2 N–H and O–H groups in total. The Morgan fingerprint density at radius 2 is 2.18 bits per heavy atom. The minimum atomic E-state index is 0.0416. The van der Waals surface area contributed by atoms with Crippen LogP contribution in [-0.2, 0) is 9.53 Å². The molecule has 1 atom stereocenters. The maximum atomic E-state index is 12.0. The number of carbonyl (C=O) groups excluding carboxylic acids is 1. The summed E-state index contributed by atoms with van der Waals surface area (Å²) in [5.41, 5.74) is 0. The molecule has 0 radical (unpaired) electrons. The van der Waals surface area contributed by atoms with Crippen LogP contribution in [0.25, 0.3) is 0 Å². The maximum Gasteiger partial charge on any atom is 0.230 e. The lowest BCUT2D eigenvalue weighted by atomic mass is 9.87. The van der Waals surface area contributed by atoms with Gasteiger partial charge in [0.25, 0.3) is 0 Å². The van der Waals surface area contributed by atoms with Gasteiger partial charge in [-0.1, -0.05) is 18.7 Å². The van der Waals surface area contributed by atoms with Crippen LogP contribution >= 0.6 is 11.8 Å². The molecule has 1 saturated carbocycles. The van der Waals surface area contributed by atoms with Crippen LogP contribution in [0.1, 0.15) is 57.4 Å². The van der Waals surface area contributed by atoms with Gasteiger partial charge in [-0.25, -0.2) is 4.98 Å². The summed E-state index contributed by atoms with van der Waals surface area (Å²) in [6.45, 7) is 3.07. The molecular weight excluding hydrogens is 300 g/mol. The molecular formula is C15H24N4O2S. The summed E-state index contributed by atoms with van der Waals surface area (Å²) in [7, 11) is 0. The molecule has 0 unspecified atom stereocenters. The predicted octanol–water partition coefficient (Wildman–Crippen LogP) is 2.44. The topological polar surface area (TPSA) is 79.9 Å². The number of nitrogens with one attached hydrogen (secondary N) is 2. The molecule has 122 valence electrons. The number of nitrogens with zero attached hydrogens (tertiary/aromatic N) is 2. The van der Waals surface area contributed by atoms with E-state index in [0.29, 0.717) is 17.0 Å². The zero-order chi connectivity index (χ0) is 15.4. The second kappa shape index (κ2) is 7.46. The highest BCUT2D eigenvalue weighted by Crippen LogP contribution is 2.27. The summed E-state index contributed by atoms with van der Waals surface area (Å²) < 4.78 is 5.56. The lowest BCUT2D eigenvalue weighted by Crippen LogP contribution is -2.38. The van der Waals surface area contributed by atoms with Gasteiger partial charge < -0.3 is 10.1 Å². The van der Waals surface area contributed by atoms with Crippen LogP contribution in [0.15, 0.2) is 5.16 Å². The normalized spacial score (nSPS) is 28.7. The van der Waals surface area contributed by atoms with E-state index in [-0.39, 0.29) is 12.0 Å². The summed E-state index contributed by atoms with van der Waals surface area (Å²) in [5, 5.41) is 10.8. The molecule has 2 aliphatic rings. The van der Waals surface area contributed by atoms with Crippen LogP contribution in [0.2, 0.25) is 0 Å². The lowest BCUT2D eigenvalue weighted by molar-refractivity contribution is -0.119. The fraction of sp³-hybridized carbons (Fsp3) is 0.800. The summed E-state index contributed by atoms with van der Waals surface area (Å²) in [6.07, 6.45) is 6.71. The van der Waals surface area contributed by atoms with E-state index in [2.05, 4.69) is 27.4 Å². The van der Waals surface area contributed by atoms with Gasteiger partial charge in [0.1, 0.15) is 6.10 Å². The number of amides is 1. The predicted molar refractivity (Wildman–Crippen MR) is 84.6 cm³/mol. The number of H-pyrrole nitrogens is 1. The molecule has 1 aromatic rings. The minimum Gasteiger partial charge on any atom is -0.370 e. The number of rotatable bonds is 5. The number of ether oxygens (including phenoxy) is 1. The Bertz CT molecular complexity index is 493. The van der Waals surface area contributed by atoms with Crippen LogP contribution in [0.3, 0.4) is 0 Å². The first-order valence-corrected chi connectivity index (χ1v) is 9.15. The summed E-state index contributed by atoms with van der Waals surface area (Å²) in [6, 6.07) is 0.346. The van der Waals surface area contributed by atoms with Gasteiger partial charge in [-0.15, -0.1) is 5.10 Å². The van der Waals surface area contributed by atoms with Crippen molar-refractivity contribution in [1.29, 1.82) is 0 Å². The second-order valence-electron chi connectivity index (χ2n) is 6.32. The van der Waals surface area contributed by atoms with Crippen molar-refractivity contribution in [3.05, 3.63) is 5.82 Å². The summed E-state index contributed by atoms with van der Waals surface area (Å²) in [5.74, 6) is 2.02. The SMILES string of the molecule is CC1CCC(NC(=O)CSc2n[nH]c([C@H]3CCCO3)n2)CC1. The quantitative estimate of drug-likeness (QED) is 0.813. The zero-order valence-corrected chi connectivity index (χ0v) is 13.8. The third kappa shape index (κ3) is 4.23. The zero-order valence-electron chi connectivity index (χ0n) is 13.0. The molecule has 0 bridgehead atoms. The van der Waals surface area contributed by atoms with E-state index in [1.54, 1.807) is 0 Å². The number of carbonyl (C=O) groups is 1. The summed E-state index contributed by atoms with van der Waals surface area (Å²) >= 11 is 1.38. The van der Waals surface area contributed by atoms with E-state index in [4.69, 9.17) is 4.74 Å². The van der Waals surface area contributed by atoms with Crippen molar-refractivity contribution in [2.24, 2.45) is 5.92 Å². The standard InChI is InChI=1S/C15H24N4O2S/c1-10-4-6-11(7-5-10)16-13(20)9-22-15-17-14(18-19-15)12-3-2-8-21-12/h10-12H,2-9H2,1H3,(H,16,20)(H,17,18,19)/t10?,11?,12-/m1/s1. The smallest absolute Gasteiger partial charge is 0.230 e. The average molecular weight is 324 g/mol. The third-order valence-electron chi connectivity index (χ3n) is 4.43. The van der Waals surface area contributed by atoms with Crippen LogP contribution in [0.4, 0.5) is 0 Å². The molecule has 1 saturated heterocycles. The first-order valence-electron chi connectivity index (χ1n) is 8.17. The lowest BCUT2D eigenvalue weighted by Gasteiger charge is -2.26. The Morgan fingerprint density at radius 3 is 2.91 bits per heavy atom.